The lowest BCUT2D eigenvalue weighted by Crippen LogP contribution is -2.32. The maximum absolute atomic E-state index is 5.67. The molecule has 1 aliphatic carbocycles. The van der Waals surface area contributed by atoms with E-state index in [1.165, 1.54) is 11.1 Å². The van der Waals surface area contributed by atoms with Crippen LogP contribution in [0.3, 0.4) is 0 Å². The van der Waals surface area contributed by atoms with E-state index in [-0.39, 0.29) is 6.04 Å². The summed E-state index contributed by atoms with van der Waals surface area (Å²) in [6.45, 7) is 0. The van der Waals surface area contributed by atoms with Crippen molar-refractivity contribution >= 4 is 0 Å². The van der Waals surface area contributed by atoms with Gasteiger partial charge in [0.2, 0.25) is 5.88 Å². The zero-order valence-electron chi connectivity index (χ0n) is 11.4. The van der Waals surface area contributed by atoms with Gasteiger partial charge in [-0.15, -0.1) is 5.10 Å². The van der Waals surface area contributed by atoms with E-state index >= 15 is 0 Å². The lowest BCUT2D eigenvalue weighted by Gasteiger charge is -2.32. The molecule has 1 aromatic heterocycles. The van der Waals surface area contributed by atoms with Crippen molar-refractivity contribution in [3.63, 3.8) is 0 Å². The minimum absolute atomic E-state index is 0.00626. The Morgan fingerprint density at radius 3 is 2.80 bits per heavy atom. The van der Waals surface area contributed by atoms with E-state index < -0.39 is 0 Å². The molecule has 5 heteroatoms. The highest BCUT2D eigenvalue weighted by Crippen LogP contribution is 2.40. The van der Waals surface area contributed by atoms with Crippen LogP contribution >= 0.6 is 0 Å². The Hall–Kier alpha value is -1.98. The van der Waals surface area contributed by atoms with E-state index in [1.54, 1.807) is 13.2 Å². The Morgan fingerprint density at radius 2 is 2.15 bits per heavy atom. The molecule has 20 heavy (non-hydrogen) atoms. The van der Waals surface area contributed by atoms with Gasteiger partial charge < -0.3 is 4.74 Å². The Morgan fingerprint density at radius 1 is 1.30 bits per heavy atom. The summed E-state index contributed by atoms with van der Waals surface area (Å²) in [7, 11) is 1.58. The summed E-state index contributed by atoms with van der Waals surface area (Å²) in [5.74, 6) is 6.72. The second kappa shape index (κ2) is 5.56. The molecule has 0 fully saturated rings. The van der Waals surface area contributed by atoms with Crippen LogP contribution in [0.25, 0.3) is 0 Å². The molecule has 1 heterocycles. The van der Waals surface area contributed by atoms with Gasteiger partial charge >= 0.3 is 0 Å². The van der Waals surface area contributed by atoms with E-state index in [0.717, 1.165) is 18.5 Å². The van der Waals surface area contributed by atoms with Gasteiger partial charge in [-0.25, -0.2) is 0 Å². The molecule has 104 valence electrons. The van der Waals surface area contributed by atoms with Crippen LogP contribution in [0.1, 0.15) is 35.2 Å². The zero-order chi connectivity index (χ0) is 13.9. The van der Waals surface area contributed by atoms with E-state index in [9.17, 15) is 0 Å². The van der Waals surface area contributed by atoms with Crippen LogP contribution in [0, 0.1) is 0 Å². The number of fused-ring (bicyclic) bond motifs is 1. The second-order valence-electron chi connectivity index (χ2n) is 5.06. The molecular weight excluding hydrogens is 252 g/mol. The van der Waals surface area contributed by atoms with Gasteiger partial charge in [0.1, 0.15) is 0 Å². The number of methoxy groups -OCH3 is 1. The van der Waals surface area contributed by atoms with Crippen molar-refractivity contribution < 1.29 is 4.74 Å². The molecule has 0 saturated heterocycles. The summed E-state index contributed by atoms with van der Waals surface area (Å²) in [6, 6.07) is 12.3. The SMILES string of the molecule is COc1ccc(C(CC2Cc3ccccc32)NN)nn1. The number of hydrogen-bond acceptors (Lipinski definition) is 5. The number of nitrogens with one attached hydrogen (secondary N) is 1. The van der Waals surface area contributed by atoms with E-state index in [4.69, 9.17) is 10.6 Å². The second-order valence-corrected chi connectivity index (χ2v) is 5.06. The summed E-state index contributed by atoms with van der Waals surface area (Å²) in [6.07, 6.45) is 2.03. The van der Waals surface area contributed by atoms with Crippen LogP contribution in [0.2, 0.25) is 0 Å². The highest BCUT2D eigenvalue weighted by Gasteiger charge is 2.28. The molecule has 2 aromatic rings. The monoisotopic (exact) mass is 270 g/mol. The third-order valence-corrected chi connectivity index (χ3v) is 3.91. The Bertz CT molecular complexity index is 585. The summed E-state index contributed by atoms with van der Waals surface area (Å²) < 4.78 is 5.02. The average molecular weight is 270 g/mol. The number of benzene rings is 1. The van der Waals surface area contributed by atoms with Gasteiger partial charge in [0.25, 0.3) is 0 Å². The van der Waals surface area contributed by atoms with Crippen molar-refractivity contribution in [2.24, 2.45) is 5.84 Å². The smallest absolute Gasteiger partial charge is 0.233 e. The molecule has 2 atom stereocenters. The maximum Gasteiger partial charge on any atom is 0.233 e. The van der Waals surface area contributed by atoms with E-state index in [1.807, 2.05) is 6.07 Å². The van der Waals surface area contributed by atoms with Gasteiger partial charge in [0, 0.05) is 6.07 Å². The maximum atomic E-state index is 5.67. The molecule has 0 saturated carbocycles. The van der Waals surface area contributed by atoms with Crippen molar-refractivity contribution in [2.75, 3.05) is 7.11 Å². The van der Waals surface area contributed by atoms with Gasteiger partial charge in [-0.05, 0) is 36.0 Å². The van der Waals surface area contributed by atoms with Gasteiger partial charge in [0.05, 0.1) is 18.8 Å². The Kier molecular flexibility index (Phi) is 3.62. The van der Waals surface area contributed by atoms with Crippen LogP contribution in [-0.4, -0.2) is 17.3 Å². The minimum Gasteiger partial charge on any atom is -0.480 e. The molecule has 0 bridgehead atoms. The van der Waals surface area contributed by atoms with Crippen molar-refractivity contribution in [3.8, 4) is 5.88 Å². The fourth-order valence-electron chi connectivity index (χ4n) is 2.76. The third-order valence-electron chi connectivity index (χ3n) is 3.91. The number of rotatable bonds is 5. The topological polar surface area (TPSA) is 73.1 Å². The van der Waals surface area contributed by atoms with Crippen LogP contribution in [0.15, 0.2) is 36.4 Å². The van der Waals surface area contributed by atoms with Gasteiger partial charge in [-0.2, -0.15) is 5.10 Å². The predicted octanol–water partition coefficient (Wildman–Crippen LogP) is 1.72. The van der Waals surface area contributed by atoms with E-state index in [2.05, 4.69) is 39.9 Å². The quantitative estimate of drug-likeness (QED) is 0.639. The highest BCUT2D eigenvalue weighted by molar-refractivity contribution is 5.40. The number of hydrogen-bond donors (Lipinski definition) is 2. The standard InChI is InChI=1S/C15H18N4O/c1-20-15-7-6-13(18-19-15)14(17-16)9-11-8-10-4-2-3-5-12(10)11/h2-7,11,14,17H,8-9,16H2,1H3. The minimum atomic E-state index is 0.00626. The summed E-state index contributed by atoms with van der Waals surface area (Å²) >= 11 is 0. The first kappa shape index (κ1) is 13.0. The van der Waals surface area contributed by atoms with Gasteiger partial charge in [-0.3, -0.25) is 11.3 Å². The number of nitrogens with zero attached hydrogens (tertiary/aromatic N) is 2. The Balaban J connectivity index is 1.72. The fourth-order valence-corrected chi connectivity index (χ4v) is 2.76. The van der Waals surface area contributed by atoms with Gasteiger partial charge in [-0.1, -0.05) is 24.3 Å². The molecule has 5 nitrogen and oxygen atoms in total. The number of ether oxygens (including phenoxy) is 1. The van der Waals surface area contributed by atoms with Crippen LogP contribution < -0.4 is 16.0 Å². The molecule has 0 radical (unpaired) electrons. The first-order chi connectivity index (χ1) is 9.81. The van der Waals surface area contributed by atoms with Crippen molar-refractivity contribution in [1.82, 2.24) is 15.6 Å². The zero-order valence-corrected chi connectivity index (χ0v) is 11.4. The molecule has 0 aliphatic heterocycles. The van der Waals surface area contributed by atoms with Crippen molar-refractivity contribution in [3.05, 3.63) is 53.2 Å². The third kappa shape index (κ3) is 2.37. The van der Waals surface area contributed by atoms with Crippen LogP contribution in [-0.2, 0) is 6.42 Å². The molecule has 2 unspecified atom stereocenters. The molecule has 3 N–H and O–H groups in total. The summed E-state index contributed by atoms with van der Waals surface area (Å²) in [5.41, 5.74) is 6.55. The predicted molar refractivity (Wildman–Crippen MR) is 76.2 cm³/mol. The number of hydrazine groups is 1. The first-order valence-electron chi connectivity index (χ1n) is 6.73. The summed E-state index contributed by atoms with van der Waals surface area (Å²) in [4.78, 5) is 0. The molecular formula is C15H18N4O. The molecule has 3 rings (SSSR count). The first-order valence-corrected chi connectivity index (χ1v) is 6.73. The lowest BCUT2D eigenvalue weighted by molar-refractivity contribution is 0.385. The fraction of sp³-hybridized carbons (Fsp3) is 0.333. The molecule has 0 amide bonds. The Labute approximate surface area is 118 Å². The molecule has 0 spiro atoms. The molecule has 1 aliphatic rings. The summed E-state index contributed by atoms with van der Waals surface area (Å²) in [5, 5.41) is 8.16. The number of aromatic nitrogens is 2. The highest BCUT2D eigenvalue weighted by atomic mass is 16.5. The lowest BCUT2D eigenvalue weighted by atomic mass is 9.74. The van der Waals surface area contributed by atoms with Crippen LogP contribution in [0.5, 0.6) is 5.88 Å². The largest absolute Gasteiger partial charge is 0.480 e. The average Bonchev–Trinajstić information content (AvgIpc) is 2.49. The normalized spacial score (nSPS) is 18.0. The number of nitrogens with two attached hydrogens (primary N) is 1. The molecule has 1 aromatic carbocycles. The van der Waals surface area contributed by atoms with Crippen molar-refractivity contribution in [2.45, 2.75) is 24.8 Å². The van der Waals surface area contributed by atoms with Crippen molar-refractivity contribution in [1.29, 1.82) is 0 Å². The van der Waals surface area contributed by atoms with E-state index in [0.29, 0.717) is 11.8 Å². The van der Waals surface area contributed by atoms with Crippen LogP contribution in [0.4, 0.5) is 0 Å². The van der Waals surface area contributed by atoms with Gasteiger partial charge in [0.15, 0.2) is 0 Å².